The maximum atomic E-state index is 6.64. The fraction of sp³-hybridized carbons (Fsp3) is 0.424. The van der Waals surface area contributed by atoms with E-state index in [2.05, 4.69) is 9.80 Å². The highest BCUT2D eigenvalue weighted by molar-refractivity contribution is 6.38. The number of hydrogen-bond donors (Lipinski definition) is 0. The number of guanidine groups is 1. The molecule has 3 aromatic carbocycles. The van der Waals surface area contributed by atoms with Crippen molar-refractivity contribution in [3.05, 3.63) is 75.8 Å². The molecule has 0 spiro atoms. The number of halogens is 2. The van der Waals surface area contributed by atoms with Crippen molar-refractivity contribution in [2.75, 3.05) is 48.2 Å². The Bertz CT molecular complexity index is 1430. The highest BCUT2D eigenvalue weighted by Crippen LogP contribution is 2.36. The summed E-state index contributed by atoms with van der Waals surface area (Å²) in [6, 6.07) is 17.2. The van der Waals surface area contributed by atoms with Crippen LogP contribution in [0.2, 0.25) is 10.0 Å². The molecule has 5 rings (SSSR count). The van der Waals surface area contributed by atoms with E-state index in [0.717, 1.165) is 36.3 Å². The van der Waals surface area contributed by atoms with Gasteiger partial charge in [0, 0.05) is 26.2 Å². The summed E-state index contributed by atoms with van der Waals surface area (Å²) in [5, 5.41) is 0.940. The Kier molecular flexibility index (Phi) is 11.0. The van der Waals surface area contributed by atoms with Gasteiger partial charge in [-0.2, -0.15) is 0 Å². The number of benzene rings is 3. The first-order valence-corrected chi connectivity index (χ1v) is 15.4. The summed E-state index contributed by atoms with van der Waals surface area (Å²) >= 11 is 13.3. The smallest absolute Gasteiger partial charge is 0.203 e. The summed E-state index contributed by atoms with van der Waals surface area (Å²) in [6.45, 7) is 2.90. The van der Waals surface area contributed by atoms with E-state index >= 15 is 0 Å². The molecule has 0 aliphatic carbocycles. The van der Waals surface area contributed by atoms with Gasteiger partial charge in [-0.05, 0) is 66.8 Å². The third-order valence-electron chi connectivity index (χ3n) is 7.80. The summed E-state index contributed by atoms with van der Waals surface area (Å²) in [4.78, 5) is 9.58. The molecule has 0 aromatic heterocycles. The molecule has 2 aliphatic heterocycles. The van der Waals surface area contributed by atoms with E-state index in [1.54, 1.807) is 40.6 Å². The minimum absolute atomic E-state index is 0.0474. The highest BCUT2D eigenvalue weighted by atomic mass is 35.5. The molecule has 9 nitrogen and oxygen atoms in total. The lowest BCUT2D eigenvalue weighted by atomic mass is 10.1. The minimum Gasteiger partial charge on any atom is -0.493 e. The van der Waals surface area contributed by atoms with E-state index in [0.29, 0.717) is 71.6 Å². The van der Waals surface area contributed by atoms with Crippen LogP contribution in [0.3, 0.4) is 0 Å². The number of nitrogens with zero attached hydrogens (tertiary/aromatic N) is 3. The van der Waals surface area contributed by atoms with E-state index in [9.17, 15) is 0 Å². The van der Waals surface area contributed by atoms with Crippen molar-refractivity contribution in [1.29, 1.82) is 0 Å². The average Bonchev–Trinajstić information content (AvgIpc) is 3.36. The van der Waals surface area contributed by atoms with Gasteiger partial charge in [-0.1, -0.05) is 41.4 Å². The zero-order chi connectivity index (χ0) is 31.1. The Morgan fingerprint density at radius 2 is 1.41 bits per heavy atom. The Labute approximate surface area is 269 Å². The third-order valence-corrected chi connectivity index (χ3v) is 8.41. The molecule has 2 heterocycles. The van der Waals surface area contributed by atoms with Crippen LogP contribution in [0.4, 0.5) is 5.69 Å². The predicted octanol–water partition coefficient (Wildman–Crippen LogP) is 6.95. The van der Waals surface area contributed by atoms with E-state index in [-0.39, 0.29) is 12.3 Å². The molecule has 0 radical (unpaired) electrons. The van der Waals surface area contributed by atoms with E-state index in [1.165, 1.54) is 0 Å². The normalized spacial score (nSPS) is 19.4. The second-order valence-electron chi connectivity index (χ2n) is 10.7. The van der Waals surface area contributed by atoms with E-state index in [1.807, 2.05) is 42.5 Å². The van der Waals surface area contributed by atoms with E-state index in [4.69, 9.17) is 56.6 Å². The monoisotopic (exact) mass is 643 g/mol. The standard InChI is InChI=1S/C33H39Cl2N3O6/c1-39-27-13-11-22(16-29(27)41-3)18-37-20-24(21-44-31-10-5-6-15-43-31)38(19-23-12-14-28(40-2)30(17-23)42-4)33(37)36-32-25(34)8-7-9-26(32)35/h7-9,11-14,16-17,24,31H,5-6,10,15,18-21H2,1-4H3. The summed E-state index contributed by atoms with van der Waals surface area (Å²) in [5.41, 5.74) is 2.56. The van der Waals surface area contributed by atoms with Crippen LogP contribution < -0.4 is 18.9 Å². The Morgan fingerprint density at radius 3 is 1.98 bits per heavy atom. The lowest BCUT2D eigenvalue weighted by molar-refractivity contribution is -0.168. The van der Waals surface area contributed by atoms with Crippen LogP contribution in [0, 0.1) is 0 Å². The van der Waals surface area contributed by atoms with Crippen molar-refractivity contribution in [3.8, 4) is 23.0 Å². The molecule has 0 bridgehead atoms. The minimum atomic E-state index is -0.218. The van der Waals surface area contributed by atoms with Crippen molar-refractivity contribution in [2.24, 2.45) is 4.99 Å². The van der Waals surface area contributed by atoms with Crippen LogP contribution in [-0.4, -0.2) is 76.3 Å². The molecule has 2 fully saturated rings. The summed E-state index contributed by atoms with van der Waals surface area (Å²) in [7, 11) is 6.52. The van der Waals surface area contributed by atoms with Crippen LogP contribution in [0.5, 0.6) is 23.0 Å². The SMILES string of the molecule is COc1ccc(CN2CC(COC3CCCCO3)N(Cc3ccc(OC)c(OC)c3)C2=Nc2c(Cl)cccc2Cl)cc1OC. The maximum Gasteiger partial charge on any atom is 0.203 e. The largest absolute Gasteiger partial charge is 0.493 e. The van der Waals surface area contributed by atoms with Crippen molar-refractivity contribution < 1.29 is 28.4 Å². The fourth-order valence-corrected chi connectivity index (χ4v) is 6.01. The fourth-order valence-electron chi connectivity index (χ4n) is 5.52. The Hall–Kier alpha value is -3.37. The molecule has 0 N–H and O–H groups in total. The molecule has 0 amide bonds. The summed E-state index contributed by atoms with van der Waals surface area (Å²) in [6.07, 6.45) is 2.82. The zero-order valence-electron chi connectivity index (χ0n) is 25.6. The third kappa shape index (κ3) is 7.46. The van der Waals surface area contributed by atoms with Gasteiger partial charge in [0.15, 0.2) is 29.3 Å². The topological polar surface area (TPSA) is 74.2 Å². The highest BCUT2D eigenvalue weighted by Gasteiger charge is 2.37. The first-order valence-electron chi connectivity index (χ1n) is 14.6. The molecule has 2 atom stereocenters. The number of hydrogen-bond acceptors (Lipinski definition) is 7. The molecular formula is C33H39Cl2N3O6. The van der Waals surface area contributed by atoms with Gasteiger partial charge in [0.2, 0.25) is 5.96 Å². The Balaban J connectivity index is 1.54. The second kappa shape index (κ2) is 15.1. The molecule has 0 saturated carbocycles. The molecule has 11 heteroatoms. The Morgan fingerprint density at radius 1 is 0.795 bits per heavy atom. The molecule has 3 aromatic rings. The lowest BCUT2D eigenvalue weighted by Gasteiger charge is -2.29. The number of ether oxygens (including phenoxy) is 6. The molecule has 44 heavy (non-hydrogen) atoms. The number of para-hydroxylation sites is 1. The number of rotatable bonds is 12. The van der Waals surface area contributed by atoms with Crippen molar-refractivity contribution in [1.82, 2.24) is 9.80 Å². The van der Waals surface area contributed by atoms with Gasteiger partial charge in [0.1, 0.15) is 5.69 Å². The number of methoxy groups -OCH3 is 4. The summed E-state index contributed by atoms with van der Waals surface area (Å²) in [5.74, 6) is 3.38. The van der Waals surface area contributed by atoms with E-state index < -0.39 is 0 Å². The predicted molar refractivity (Wildman–Crippen MR) is 172 cm³/mol. The average molecular weight is 645 g/mol. The number of aliphatic imine (C=N–C) groups is 1. The van der Waals surface area contributed by atoms with Crippen LogP contribution in [0.15, 0.2) is 59.6 Å². The van der Waals surface area contributed by atoms with Crippen molar-refractivity contribution in [3.63, 3.8) is 0 Å². The van der Waals surface area contributed by atoms with Gasteiger partial charge < -0.3 is 38.2 Å². The van der Waals surface area contributed by atoms with Gasteiger partial charge in [-0.15, -0.1) is 0 Å². The lowest BCUT2D eigenvalue weighted by Crippen LogP contribution is -2.39. The van der Waals surface area contributed by atoms with Gasteiger partial charge in [0.05, 0.1) is 51.1 Å². The van der Waals surface area contributed by atoms with Crippen LogP contribution in [0.1, 0.15) is 30.4 Å². The van der Waals surface area contributed by atoms with Gasteiger partial charge in [-0.3, -0.25) is 0 Å². The van der Waals surface area contributed by atoms with Crippen molar-refractivity contribution >= 4 is 34.8 Å². The molecule has 2 unspecified atom stereocenters. The second-order valence-corrected chi connectivity index (χ2v) is 11.5. The first kappa shape index (κ1) is 32.0. The van der Waals surface area contributed by atoms with Crippen LogP contribution in [0.25, 0.3) is 0 Å². The molecular weight excluding hydrogens is 605 g/mol. The maximum absolute atomic E-state index is 6.64. The van der Waals surface area contributed by atoms with Crippen LogP contribution in [-0.2, 0) is 22.6 Å². The van der Waals surface area contributed by atoms with Crippen molar-refractivity contribution in [2.45, 2.75) is 44.7 Å². The van der Waals surface area contributed by atoms with Gasteiger partial charge in [0.25, 0.3) is 0 Å². The first-order chi connectivity index (χ1) is 21.4. The molecule has 2 aliphatic rings. The van der Waals surface area contributed by atoms with Crippen LogP contribution >= 0.6 is 23.2 Å². The zero-order valence-corrected chi connectivity index (χ0v) is 27.1. The quantitative estimate of drug-likeness (QED) is 0.210. The van der Waals surface area contributed by atoms with Gasteiger partial charge in [-0.25, -0.2) is 4.99 Å². The molecule has 2 saturated heterocycles. The summed E-state index contributed by atoms with van der Waals surface area (Å²) < 4.78 is 34.4. The molecule has 236 valence electrons. The van der Waals surface area contributed by atoms with Gasteiger partial charge >= 0.3 is 0 Å².